The summed E-state index contributed by atoms with van der Waals surface area (Å²) in [6.07, 6.45) is 4.98. The highest BCUT2D eigenvalue weighted by Crippen LogP contribution is 2.37. The summed E-state index contributed by atoms with van der Waals surface area (Å²) in [5, 5.41) is 0.436. The fourth-order valence-electron chi connectivity index (χ4n) is 3.40. The second-order valence-corrected chi connectivity index (χ2v) is 8.50. The molecular weight excluding hydrogens is 436 g/mol. The van der Waals surface area contributed by atoms with E-state index in [1.54, 1.807) is 43.5 Å². The summed E-state index contributed by atoms with van der Waals surface area (Å²) in [7, 11) is 3.34. The standard InChI is InChI=1S/C27H29ClN2O3/c1-19(2)18-33-27-22(28)16-20(17-24(27)32-4)13-14-25(31)30(3)26(21-10-6-5-7-11-21)23-12-8-9-15-29-23/h5-17,19,26H,18H2,1-4H3/b14-13+. The van der Waals surface area contributed by atoms with E-state index in [0.717, 1.165) is 16.8 Å². The zero-order valence-electron chi connectivity index (χ0n) is 19.4. The first-order valence-corrected chi connectivity index (χ1v) is 11.2. The van der Waals surface area contributed by atoms with Crippen molar-refractivity contribution in [3.8, 4) is 11.5 Å². The van der Waals surface area contributed by atoms with Gasteiger partial charge in [0.1, 0.15) is 0 Å². The molecule has 3 rings (SSSR count). The molecule has 0 N–H and O–H groups in total. The van der Waals surface area contributed by atoms with Gasteiger partial charge >= 0.3 is 0 Å². The number of nitrogens with zero attached hydrogens (tertiary/aromatic N) is 2. The van der Waals surface area contributed by atoms with Gasteiger partial charge in [0, 0.05) is 19.3 Å². The minimum atomic E-state index is -0.311. The van der Waals surface area contributed by atoms with Crippen LogP contribution in [-0.2, 0) is 4.79 Å². The number of hydrogen-bond acceptors (Lipinski definition) is 4. The number of rotatable bonds is 9. The number of carbonyl (C=O) groups excluding carboxylic acids is 1. The number of likely N-dealkylation sites (N-methyl/N-ethyl adjacent to an activating group) is 1. The van der Waals surface area contributed by atoms with Crippen LogP contribution in [0.15, 0.2) is 72.9 Å². The normalized spacial score (nSPS) is 12.1. The predicted molar refractivity (Wildman–Crippen MR) is 133 cm³/mol. The van der Waals surface area contributed by atoms with Crippen LogP contribution >= 0.6 is 11.6 Å². The molecule has 0 aliphatic rings. The van der Waals surface area contributed by atoms with Crippen molar-refractivity contribution in [2.75, 3.05) is 20.8 Å². The van der Waals surface area contributed by atoms with E-state index in [2.05, 4.69) is 18.8 Å². The zero-order chi connectivity index (χ0) is 23.8. The van der Waals surface area contributed by atoms with E-state index in [4.69, 9.17) is 21.1 Å². The van der Waals surface area contributed by atoms with Gasteiger partial charge in [0.15, 0.2) is 11.5 Å². The summed E-state index contributed by atoms with van der Waals surface area (Å²) >= 11 is 6.44. The summed E-state index contributed by atoms with van der Waals surface area (Å²) in [5.41, 5.74) is 2.52. The molecule has 33 heavy (non-hydrogen) atoms. The molecular formula is C27H29ClN2O3. The predicted octanol–water partition coefficient (Wildman–Crippen LogP) is 6.04. The molecule has 172 valence electrons. The van der Waals surface area contributed by atoms with Gasteiger partial charge in [-0.2, -0.15) is 0 Å². The first-order valence-electron chi connectivity index (χ1n) is 10.8. The van der Waals surface area contributed by atoms with Gasteiger partial charge in [-0.1, -0.05) is 61.8 Å². The number of carbonyl (C=O) groups is 1. The summed E-state index contributed by atoms with van der Waals surface area (Å²) in [6.45, 7) is 4.66. The van der Waals surface area contributed by atoms with Gasteiger partial charge in [0.05, 0.1) is 30.5 Å². The monoisotopic (exact) mass is 464 g/mol. The van der Waals surface area contributed by atoms with E-state index >= 15 is 0 Å². The molecule has 3 aromatic rings. The molecule has 6 heteroatoms. The lowest BCUT2D eigenvalue weighted by Crippen LogP contribution is -2.31. The van der Waals surface area contributed by atoms with Crippen LogP contribution in [0, 0.1) is 5.92 Å². The Labute approximate surface area is 200 Å². The van der Waals surface area contributed by atoms with Gasteiger partial charge in [0.25, 0.3) is 0 Å². The average Bonchev–Trinajstić information content (AvgIpc) is 2.82. The van der Waals surface area contributed by atoms with Gasteiger partial charge in [-0.05, 0) is 47.4 Å². The van der Waals surface area contributed by atoms with Crippen LogP contribution in [0.5, 0.6) is 11.5 Å². The molecule has 2 aromatic carbocycles. The highest BCUT2D eigenvalue weighted by molar-refractivity contribution is 6.32. The largest absolute Gasteiger partial charge is 0.493 e. The van der Waals surface area contributed by atoms with Crippen LogP contribution in [0.2, 0.25) is 5.02 Å². The molecule has 0 spiro atoms. The topological polar surface area (TPSA) is 51.7 Å². The van der Waals surface area contributed by atoms with E-state index in [-0.39, 0.29) is 11.9 Å². The molecule has 1 amide bonds. The van der Waals surface area contributed by atoms with Gasteiger partial charge in [0.2, 0.25) is 5.91 Å². The minimum Gasteiger partial charge on any atom is -0.493 e. The smallest absolute Gasteiger partial charge is 0.247 e. The van der Waals surface area contributed by atoms with Crippen molar-refractivity contribution < 1.29 is 14.3 Å². The van der Waals surface area contributed by atoms with Crippen molar-refractivity contribution in [3.05, 3.63) is 94.8 Å². The molecule has 0 saturated heterocycles. The van der Waals surface area contributed by atoms with Crippen molar-refractivity contribution in [2.24, 2.45) is 5.92 Å². The van der Waals surface area contributed by atoms with Gasteiger partial charge < -0.3 is 14.4 Å². The first kappa shape index (κ1) is 24.3. The number of pyridine rings is 1. The zero-order valence-corrected chi connectivity index (χ0v) is 20.1. The Balaban J connectivity index is 1.84. The molecule has 0 aliphatic carbocycles. The third kappa shape index (κ3) is 6.36. The SMILES string of the molecule is COc1cc(/C=C/C(=O)N(C)C(c2ccccc2)c2ccccn2)cc(Cl)c1OCC(C)C. The Kier molecular flexibility index (Phi) is 8.50. The summed E-state index contributed by atoms with van der Waals surface area (Å²) in [4.78, 5) is 19.3. The molecule has 1 aromatic heterocycles. The van der Waals surface area contributed by atoms with Crippen LogP contribution in [0.4, 0.5) is 0 Å². The molecule has 0 saturated carbocycles. The lowest BCUT2D eigenvalue weighted by atomic mass is 10.0. The highest BCUT2D eigenvalue weighted by Gasteiger charge is 2.23. The lowest BCUT2D eigenvalue weighted by Gasteiger charge is -2.27. The van der Waals surface area contributed by atoms with E-state index in [1.165, 1.54) is 6.08 Å². The van der Waals surface area contributed by atoms with Gasteiger partial charge in [-0.3, -0.25) is 9.78 Å². The van der Waals surface area contributed by atoms with Crippen molar-refractivity contribution in [3.63, 3.8) is 0 Å². The van der Waals surface area contributed by atoms with Crippen molar-refractivity contribution in [2.45, 2.75) is 19.9 Å². The van der Waals surface area contributed by atoms with E-state index in [0.29, 0.717) is 29.0 Å². The van der Waals surface area contributed by atoms with Crippen molar-refractivity contribution in [1.82, 2.24) is 9.88 Å². The number of aromatic nitrogens is 1. The highest BCUT2D eigenvalue weighted by atomic mass is 35.5. The Hall–Kier alpha value is -3.31. The van der Waals surface area contributed by atoms with Crippen LogP contribution < -0.4 is 9.47 Å². The third-order valence-corrected chi connectivity index (χ3v) is 5.33. The van der Waals surface area contributed by atoms with Gasteiger partial charge in [-0.15, -0.1) is 0 Å². The van der Waals surface area contributed by atoms with E-state index in [1.807, 2.05) is 48.5 Å². The molecule has 1 atom stereocenters. The Morgan fingerprint density at radius 3 is 2.48 bits per heavy atom. The van der Waals surface area contributed by atoms with E-state index < -0.39 is 0 Å². The maximum atomic E-state index is 13.1. The lowest BCUT2D eigenvalue weighted by molar-refractivity contribution is -0.126. The second kappa shape index (κ2) is 11.5. The molecule has 1 heterocycles. The van der Waals surface area contributed by atoms with Crippen LogP contribution in [0.25, 0.3) is 6.08 Å². The number of halogens is 1. The summed E-state index contributed by atoms with van der Waals surface area (Å²) < 4.78 is 11.3. The fourth-order valence-corrected chi connectivity index (χ4v) is 3.68. The number of ether oxygens (including phenoxy) is 2. The first-order chi connectivity index (χ1) is 15.9. The average molecular weight is 465 g/mol. The second-order valence-electron chi connectivity index (χ2n) is 8.09. The number of hydrogen-bond donors (Lipinski definition) is 0. The van der Waals surface area contributed by atoms with Crippen molar-refractivity contribution >= 4 is 23.6 Å². The van der Waals surface area contributed by atoms with Crippen molar-refractivity contribution in [1.29, 1.82) is 0 Å². The van der Waals surface area contributed by atoms with Crippen LogP contribution in [-0.4, -0.2) is 36.6 Å². The molecule has 0 bridgehead atoms. The summed E-state index contributed by atoms with van der Waals surface area (Å²) in [5.74, 6) is 1.23. The maximum absolute atomic E-state index is 13.1. The quantitative estimate of drug-likeness (QED) is 0.362. The molecule has 0 fully saturated rings. The fraction of sp³-hybridized carbons (Fsp3) is 0.259. The minimum absolute atomic E-state index is 0.162. The maximum Gasteiger partial charge on any atom is 0.247 e. The molecule has 0 radical (unpaired) electrons. The van der Waals surface area contributed by atoms with Crippen LogP contribution in [0.1, 0.15) is 36.7 Å². The number of amides is 1. The molecule has 5 nitrogen and oxygen atoms in total. The van der Waals surface area contributed by atoms with E-state index in [9.17, 15) is 4.79 Å². The Bertz CT molecular complexity index is 1050. The molecule has 1 unspecified atom stereocenters. The number of methoxy groups -OCH3 is 1. The third-order valence-electron chi connectivity index (χ3n) is 5.05. The number of benzene rings is 2. The summed E-state index contributed by atoms with van der Waals surface area (Å²) in [6, 6.07) is 18.8. The van der Waals surface area contributed by atoms with Gasteiger partial charge in [-0.25, -0.2) is 0 Å². The Morgan fingerprint density at radius 1 is 1.12 bits per heavy atom. The van der Waals surface area contributed by atoms with Crippen LogP contribution in [0.3, 0.4) is 0 Å². The molecule has 0 aliphatic heterocycles. The Morgan fingerprint density at radius 2 is 1.85 bits per heavy atom.